The first-order valence-corrected chi connectivity index (χ1v) is 11.1. The molecule has 4 heteroatoms. The fourth-order valence-electron chi connectivity index (χ4n) is 8.67. The average molecular weight is 378 g/mol. The van der Waals surface area contributed by atoms with Crippen LogP contribution in [0.4, 0.5) is 0 Å². The van der Waals surface area contributed by atoms with Crippen molar-refractivity contribution >= 4 is 5.78 Å². The third-order valence-electron chi connectivity index (χ3n) is 10.5. The third kappa shape index (κ3) is 2.42. The molecule has 0 radical (unpaired) electrons. The van der Waals surface area contributed by atoms with Crippen LogP contribution in [0.25, 0.3) is 0 Å². The number of rotatable bonds is 2. The second-order valence-corrected chi connectivity index (χ2v) is 11.6. The summed E-state index contributed by atoms with van der Waals surface area (Å²) < 4.78 is 0. The zero-order chi connectivity index (χ0) is 19.9. The lowest BCUT2D eigenvalue weighted by molar-refractivity contribution is -0.200. The molecular weight excluding hydrogens is 338 g/mol. The molecule has 154 valence electrons. The van der Waals surface area contributed by atoms with Gasteiger partial charge < -0.3 is 15.9 Å². The van der Waals surface area contributed by atoms with Crippen molar-refractivity contribution in [1.82, 2.24) is 0 Å². The van der Waals surface area contributed by atoms with Gasteiger partial charge >= 0.3 is 0 Å². The smallest absolute Gasteiger partial charge is 0.161 e. The zero-order valence-electron chi connectivity index (χ0n) is 17.7. The lowest BCUT2D eigenvalue weighted by atomic mass is 9.36. The molecule has 4 rings (SSSR count). The Hall–Kier alpha value is -0.450. The fraction of sp³-hybridized carbons (Fsp3) is 0.957. The summed E-state index contributed by atoms with van der Waals surface area (Å²) in [5.74, 6) is 0.977. The van der Waals surface area contributed by atoms with Crippen LogP contribution < -0.4 is 5.73 Å². The number of aliphatic hydroxyl groups excluding tert-OH is 1. The SMILES string of the molecule is CC12CCC3[C@@H]4CC[C@H](C(=O)CO)[C@@]4(C)CC[C@]3(N)C1(C)CC[C@@](C)(O)C2. The van der Waals surface area contributed by atoms with Gasteiger partial charge in [0.25, 0.3) is 0 Å². The monoisotopic (exact) mass is 377 g/mol. The van der Waals surface area contributed by atoms with Crippen LogP contribution in [-0.2, 0) is 4.79 Å². The van der Waals surface area contributed by atoms with Crippen LogP contribution in [0, 0.1) is 34.0 Å². The lowest BCUT2D eigenvalue weighted by Crippen LogP contribution is -2.73. The molecule has 8 atom stereocenters. The molecular formula is C23H39NO3. The molecule has 4 fully saturated rings. The minimum Gasteiger partial charge on any atom is -0.390 e. The molecule has 0 aromatic heterocycles. The molecule has 4 N–H and O–H groups in total. The first-order chi connectivity index (χ1) is 12.4. The highest BCUT2D eigenvalue weighted by Gasteiger charge is 2.70. The Morgan fingerprint density at radius 3 is 2.33 bits per heavy atom. The standard InChI is InChI=1S/C23H39NO3/c1-19-8-7-16-15-5-6-17(18(26)13-25)21(15,3)10-12-23(16,24)22(19,4)11-9-20(2,27)14-19/h15-17,25,27H,5-14,24H2,1-4H3/t15-,16?,17+,19?,20+,21-,22?,23+/m0/s1. The Balaban J connectivity index is 1.70. The minimum absolute atomic E-state index is 0.00237. The van der Waals surface area contributed by atoms with E-state index in [0.717, 1.165) is 57.8 Å². The Bertz CT molecular complexity index is 648. The number of carbonyl (C=O) groups excluding carboxylic acids is 1. The third-order valence-corrected chi connectivity index (χ3v) is 10.5. The van der Waals surface area contributed by atoms with Gasteiger partial charge in [0.15, 0.2) is 5.78 Å². The van der Waals surface area contributed by atoms with E-state index >= 15 is 0 Å². The molecule has 0 heterocycles. The molecule has 27 heavy (non-hydrogen) atoms. The highest BCUT2D eigenvalue weighted by Crippen LogP contribution is 2.72. The van der Waals surface area contributed by atoms with Crippen molar-refractivity contribution in [1.29, 1.82) is 0 Å². The van der Waals surface area contributed by atoms with Crippen LogP contribution in [0.1, 0.15) is 85.5 Å². The summed E-state index contributed by atoms with van der Waals surface area (Å²) in [6, 6.07) is 0. The van der Waals surface area contributed by atoms with Crippen molar-refractivity contribution in [3.8, 4) is 0 Å². The second kappa shape index (κ2) is 5.79. The maximum Gasteiger partial charge on any atom is 0.161 e. The predicted molar refractivity (Wildman–Crippen MR) is 106 cm³/mol. The highest BCUT2D eigenvalue weighted by atomic mass is 16.3. The lowest BCUT2D eigenvalue weighted by Gasteiger charge is -2.70. The summed E-state index contributed by atoms with van der Waals surface area (Å²) in [7, 11) is 0. The van der Waals surface area contributed by atoms with Crippen LogP contribution in [0.2, 0.25) is 0 Å². The van der Waals surface area contributed by atoms with Gasteiger partial charge in [-0.1, -0.05) is 20.8 Å². The van der Waals surface area contributed by atoms with E-state index in [0.29, 0.717) is 11.8 Å². The summed E-state index contributed by atoms with van der Waals surface area (Å²) in [5, 5.41) is 20.2. The fourth-order valence-corrected chi connectivity index (χ4v) is 8.67. The van der Waals surface area contributed by atoms with E-state index in [1.165, 1.54) is 0 Å². The predicted octanol–water partition coefficient (Wildman–Crippen LogP) is 3.43. The number of fused-ring (bicyclic) bond motifs is 5. The van der Waals surface area contributed by atoms with E-state index in [2.05, 4.69) is 20.8 Å². The minimum atomic E-state index is -0.577. The summed E-state index contributed by atoms with van der Waals surface area (Å²) in [5.41, 5.74) is 6.70. The molecule has 0 aromatic carbocycles. The van der Waals surface area contributed by atoms with Gasteiger partial charge in [-0.25, -0.2) is 0 Å². The van der Waals surface area contributed by atoms with Crippen LogP contribution in [0.3, 0.4) is 0 Å². The van der Waals surface area contributed by atoms with E-state index in [9.17, 15) is 15.0 Å². The summed E-state index contributed by atoms with van der Waals surface area (Å²) >= 11 is 0. The van der Waals surface area contributed by atoms with Crippen LogP contribution in [-0.4, -0.2) is 33.7 Å². The number of hydrogen-bond acceptors (Lipinski definition) is 4. The van der Waals surface area contributed by atoms with E-state index in [1.54, 1.807) is 0 Å². The van der Waals surface area contributed by atoms with Crippen LogP contribution >= 0.6 is 0 Å². The summed E-state index contributed by atoms with van der Waals surface area (Å²) in [4.78, 5) is 12.4. The van der Waals surface area contributed by atoms with E-state index in [-0.39, 0.29) is 40.1 Å². The summed E-state index contributed by atoms with van der Waals surface area (Å²) in [6.45, 7) is 8.74. The average Bonchev–Trinajstić information content (AvgIpc) is 2.93. The highest BCUT2D eigenvalue weighted by molar-refractivity contribution is 5.83. The maximum absolute atomic E-state index is 12.4. The summed E-state index contributed by atoms with van der Waals surface area (Å²) in [6.07, 6.45) is 8.83. The molecule has 0 aliphatic heterocycles. The maximum atomic E-state index is 12.4. The Morgan fingerprint density at radius 1 is 0.963 bits per heavy atom. The van der Waals surface area contributed by atoms with Gasteiger partial charge in [0.2, 0.25) is 0 Å². The topological polar surface area (TPSA) is 83.5 Å². The molecule has 0 bridgehead atoms. The Kier molecular flexibility index (Phi) is 4.26. The molecule has 0 spiro atoms. The van der Waals surface area contributed by atoms with Gasteiger partial charge in [-0.3, -0.25) is 4.79 Å². The largest absolute Gasteiger partial charge is 0.390 e. The Labute approximate surface area is 164 Å². The normalized spacial score (nSPS) is 57.5. The molecule has 0 aromatic rings. The van der Waals surface area contributed by atoms with Crippen LogP contribution in [0.5, 0.6) is 0 Å². The molecule has 3 unspecified atom stereocenters. The van der Waals surface area contributed by atoms with Gasteiger partial charge in [0.1, 0.15) is 6.61 Å². The molecule has 0 saturated heterocycles. The number of carbonyl (C=O) groups is 1. The molecule has 4 nitrogen and oxygen atoms in total. The number of ketones is 1. The Morgan fingerprint density at radius 2 is 1.67 bits per heavy atom. The molecule has 0 amide bonds. The van der Waals surface area contributed by atoms with Crippen molar-refractivity contribution in [2.45, 2.75) is 96.6 Å². The molecule has 4 saturated carbocycles. The molecule has 4 aliphatic rings. The van der Waals surface area contributed by atoms with Gasteiger partial charge in [-0.2, -0.15) is 0 Å². The second-order valence-electron chi connectivity index (χ2n) is 11.6. The van der Waals surface area contributed by atoms with Crippen molar-refractivity contribution in [3.63, 3.8) is 0 Å². The zero-order valence-corrected chi connectivity index (χ0v) is 17.7. The van der Waals surface area contributed by atoms with Crippen molar-refractivity contribution in [2.24, 2.45) is 39.7 Å². The van der Waals surface area contributed by atoms with Crippen molar-refractivity contribution in [2.75, 3.05) is 6.61 Å². The van der Waals surface area contributed by atoms with E-state index < -0.39 is 5.60 Å². The first kappa shape index (κ1) is 19.8. The van der Waals surface area contributed by atoms with Gasteiger partial charge in [0, 0.05) is 11.5 Å². The number of Topliss-reactive ketones (excluding diaryl/α,β-unsaturated/α-hetero) is 1. The van der Waals surface area contributed by atoms with Crippen molar-refractivity contribution in [3.05, 3.63) is 0 Å². The van der Waals surface area contributed by atoms with Crippen LogP contribution in [0.15, 0.2) is 0 Å². The van der Waals surface area contributed by atoms with E-state index in [4.69, 9.17) is 5.73 Å². The number of hydrogen-bond donors (Lipinski definition) is 3. The van der Waals surface area contributed by atoms with Crippen molar-refractivity contribution < 1.29 is 15.0 Å². The van der Waals surface area contributed by atoms with Gasteiger partial charge in [0.05, 0.1) is 5.60 Å². The first-order valence-electron chi connectivity index (χ1n) is 11.1. The van der Waals surface area contributed by atoms with Gasteiger partial charge in [-0.15, -0.1) is 0 Å². The number of nitrogens with two attached hydrogens (primary N) is 1. The quantitative estimate of drug-likeness (QED) is 0.688. The van der Waals surface area contributed by atoms with Gasteiger partial charge in [-0.05, 0) is 92.8 Å². The number of aliphatic hydroxyl groups is 2. The molecule has 4 aliphatic carbocycles. The van der Waals surface area contributed by atoms with E-state index in [1.807, 2.05) is 6.92 Å².